The van der Waals surface area contributed by atoms with Crippen LogP contribution in [0.1, 0.15) is 32.6 Å². The summed E-state index contributed by atoms with van der Waals surface area (Å²) in [4.78, 5) is 0. The highest BCUT2D eigenvalue weighted by Gasteiger charge is 2.01. The Morgan fingerprint density at radius 3 is 2.50 bits per heavy atom. The number of phenolic OH excluding ortho intramolecular Hbond substituents is 1. The maximum Gasteiger partial charge on any atom is 0.115 e. The van der Waals surface area contributed by atoms with Gasteiger partial charge in [-0.3, -0.25) is 0 Å². The summed E-state index contributed by atoms with van der Waals surface area (Å²) in [5.74, 6) is 0.281. The SMILES string of the molecule is CCCC(O)CCCNc1ccc(O)cc1. The van der Waals surface area contributed by atoms with E-state index in [9.17, 15) is 5.11 Å². The first-order valence-corrected chi connectivity index (χ1v) is 5.93. The second-order valence-electron chi connectivity index (χ2n) is 4.06. The topological polar surface area (TPSA) is 52.5 Å². The summed E-state index contributed by atoms with van der Waals surface area (Å²) in [7, 11) is 0. The quantitative estimate of drug-likeness (QED) is 0.492. The van der Waals surface area contributed by atoms with Gasteiger partial charge in [-0.15, -0.1) is 0 Å². The molecular weight excluding hydrogens is 202 g/mol. The first-order valence-electron chi connectivity index (χ1n) is 5.93. The fraction of sp³-hybridized carbons (Fsp3) is 0.538. The van der Waals surface area contributed by atoms with E-state index in [1.165, 1.54) is 0 Å². The molecule has 0 bridgehead atoms. The Morgan fingerprint density at radius 2 is 1.88 bits per heavy atom. The van der Waals surface area contributed by atoms with Gasteiger partial charge in [-0.2, -0.15) is 0 Å². The molecule has 16 heavy (non-hydrogen) atoms. The fourth-order valence-corrected chi connectivity index (χ4v) is 1.63. The van der Waals surface area contributed by atoms with Gasteiger partial charge < -0.3 is 15.5 Å². The lowest BCUT2D eigenvalue weighted by atomic mass is 10.1. The van der Waals surface area contributed by atoms with Gasteiger partial charge in [0.15, 0.2) is 0 Å². The zero-order chi connectivity index (χ0) is 11.8. The molecule has 3 N–H and O–H groups in total. The number of hydrogen-bond donors (Lipinski definition) is 3. The number of aliphatic hydroxyl groups excluding tert-OH is 1. The van der Waals surface area contributed by atoms with Crippen LogP contribution in [0.5, 0.6) is 5.75 Å². The zero-order valence-electron chi connectivity index (χ0n) is 9.82. The van der Waals surface area contributed by atoms with Crippen molar-refractivity contribution in [3.05, 3.63) is 24.3 Å². The lowest BCUT2D eigenvalue weighted by Crippen LogP contribution is -2.09. The van der Waals surface area contributed by atoms with E-state index >= 15 is 0 Å². The van der Waals surface area contributed by atoms with E-state index < -0.39 is 0 Å². The van der Waals surface area contributed by atoms with Crippen molar-refractivity contribution in [1.29, 1.82) is 0 Å². The van der Waals surface area contributed by atoms with E-state index in [2.05, 4.69) is 12.2 Å². The van der Waals surface area contributed by atoms with Crippen LogP contribution < -0.4 is 5.32 Å². The maximum absolute atomic E-state index is 9.52. The van der Waals surface area contributed by atoms with Crippen molar-refractivity contribution < 1.29 is 10.2 Å². The van der Waals surface area contributed by atoms with Gasteiger partial charge in [0, 0.05) is 12.2 Å². The molecule has 0 saturated carbocycles. The molecule has 1 unspecified atom stereocenters. The monoisotopic (exact) mass is 223 g/mol. The largest absolute Gasteiger partial charge is 0.508 e. The van der Waals surface area contributed by atoms with Crippen LogP contribution in [0.2, 0.25) is 0 Å². The summed E-state index contributed by atoms with van der Waals surface area (Å²) in [6.45, 7) is 2.93. The fourth-order valence-electron chi connectivity index (χ4n) is 1.63. The third-order valence-electron chi connectivity index (χ3n) is 2.53. The van der Waals surface area contributed by atoms with Crippen molar-refractivity contribution in [2.45, 2.75) is 38.7 Å². The summed E-state index contributed by atoms with van der Waals surface area (Å²) in [6.07, 6.45) is 3.57. The van der Waals surface area contributed by atoms with Gasteiger partial charge in [-0.1, -0.05) is 13.3 Å². The van der Waals surface area contributed by atoms with Crippen LogP contribution >= 0.6 is 0 Å². The molecule has 0 spiro atoms. The van der Waals surface area contributed by atoms with Crippen LogP contribution in [-0.4, -0.2) is 22.9 Å². The van der Waals surface area contributed by atoms with E-state index in [4.69, 9.17) is 5.11 Å². The molecule has 1 atom stereocenters. The number of aliphatic hydroxyl groups is 1. The van der Waals surface area contributed by atoms with Gasteiger partial charge in [-0.05, 0) is 43.5 Å². The average molecular weight is 223 g/mol. The summed E-state index contributed by atoms with van der Waals surface area (Å²) in [5.41, 5.74) is 1.00. The second-order valence-corrected chi connectivity index (χ2v) is 4.06. The smallest absolute Gasteiger partial charge is 0.115 e. The van der Waals surface area contributed by atoms with Crippen molar-refractivity contribution in [2.75, 3.05) is 11.9 Å². The predicted octanol–water partition coefficient (Wildman–Crippen LogP) is 2.75. The molecule has 0 aliphatic carbocycles. The highest BCUT2D eigenvalue weighted by Crippen LogP contribution is 2.13. The normalized spacial score (nSPS) is 12.4. The van der Waals surface area contributed by atoms with Crippen molar-refractivity contribution in [3.8, 4) is 5.75 Å². The Kier molecular flexibility index (Phi) is 5.72. The highest BCUT2D eigenvalue weighted by molar-refractivity contribution is 5.45. The minimum absolute atomic E-state index is 0.161. The predicted molar refractivity (Wildman–Crippen MR) is 66.7 cm³/mol. The molecule has 0 radical (unpaired) electrons. The van der Waals surface area contributed by atoms with Gasteiger partial charge >= 0.3 is 0 Å². The molecule has 0 amide bonds. The van der Waals surface area contributed by atoms with Crippen molar-refractivity contribution >= 4 is 5.69 Å². The van der Waals surface area contributed by atoms with Crippen molar-refractivity contribution in [3.63, 3.8) is 0 Å². The molecule has 0 heterocycles. The molecule has 1 rings (SSSR count). The minimum Gasteiger partial charge on any atom is -0.508 e. The lowest BCUT2D eigenvalue weighted by molar-refractivity contribution is 0.152. The maximum atomic E-state index is 9.52. The number of anilines is 1. The van der Waals surface area contributed by atoms with Gasteiger partial charge in [0.25, 0.3) is 0 Å². The molecule has 0 fully saturated rings. The average Bonchev–Trinajstić information content (AvgIpc) is 2.27. The number of nitrogens with one attached hydrogen (secondary N) is 1. The summed E-state index contributed by atoms with van der Waals surface area (Å²) in [5, 5.41) is 21.9. The molecule has 1 aromatic rings. The molecule has 0 aliphatic rings. The molecule has 0 aromatic heterocycles. The summed E-state index contributed by atoms with van der Waals surface area (Å²) < 4.78 is 0. The van der Waals surface area contributed by atoms with Gasteiger partial charge in [0.05, 0.1) is 6.10 Å². The minimum atomic E-state index is -0.161. The van der Waals surface area contributed by atoms with Crippen LogP contribution in [0.15, 0.2) is 24.3 Å². The Labute approximate surface area is 97.1 Å². The third kappa shape index (κ3) is 5.03. The first kappa shape index (κ1) is 12.8. The van der Waals surface area contributed by atoms with Crippen molar-refractivity contribution in [2.24, 2.45) is 0 Å². The van der Waals surface area contributed by atoms with Crippen LogP contribution in [0.4, 0.5) is 5.69 Å². The van der Waals surface area contributed by atoms with E-state index in [1.807, 2.05) is 12.1 Å². The van der Waals surface area contributed by atoms with Gasteiger partial charge in [0.2, 0.25) is 0 Å². The van der Waals surface area contributed by atoms with Crippen molar-refractivity contribution in [1.82, 2.24) is 0 Å². The molecule has 1 aromatic carbocycles. The van der Waals surface area contributed by atoms with Crippen LogP contribution in [0.25, 0.3) is 0 Å². The number of hydrogen-bond acceptors (Lipinski definition) is 3. The summed E-state index contributed by atoms with van der Waals surface area (Å²) >= 11 is 0. The van der Waals surface area contributed by atoms with Crippen LogP contribution in [-0.2, 0) is 0 Å². The highest BCUT2D eigenvalue weighted by atomic mass is 16.3. The number of aromatic hydroxyl groups is 1. The molecule has 90 valence electrons. The standard InChI is InChI=1S/C13H21NO2/c1-2-4-12(15)5-3-10-14-11-6-8-13(16)9-7-11/h6-9,12,14-16H,2-5,10H2,1H3. The van der Waals surface area contributed by atoms with E-state index in [1.54, 1.807) is 12.1 Å². The lowest BCUT2D eigenvalue weighted by Gasteiger charge is -2.10. The Bertz CT molecular complexity index is 284. The molecule has 0 aliphatic heterocycles. The Hall–Kier alpha value is -1.22. The molecule has 3 nitrogen and oxygen atoms in total. The Morgan fingerprint density at radius 1 is 1.19 bits per heavy atom. The first-order chi connectivity index (χ1) is 7.72. The van der Waals surface area contributed by atoms with E-state index in [0.717, 1.165) is 37.9 Å². The number of rotatable bonds is 7. The molecule has 3 heteroatoms. The summed E-state index contributed by atoms with van der Waals surface area (Å²) in [6, 6.07) is 7.01. The number of benzene rings is 1. The van der Waals surface area contributed by atoms with E-state index in [0.29, 0.717) is 0 Å². The third-order valence-corrected chi connectivity index (χ3v) is 2.53. The van der Waals surface area contributed by atoms with Crippen LogP contribution in [0, 0.1) is 0 Å². The Balaban J connectivity index is 2.13. The number of phenols is 1. The zero-order valence-corrected chi connectivity index (χ0v) is 9.82. The van der Waals surface area contributed by atoms with Crippen LogP contribution in [0.3, 0.4) is 0 Å². The second kappa shape index (κ2) is 7.12. The molecular formula is C13H21NO2. The van der Waals surface area contributed by atoms with Gasteiger partial charge in [-0.25, -0.2) is 0 Å². The molecule has 0 saturated heterocycles. The van der Waals surface area contributed by atoms with E-state index in [-0.39, 0.29) is 11.9 Å². The van der Waals surface area contributed by atoms with Gasteiger partial charge in [0.1, 0.15) is 5.75 Å².